The molecule has 0 spiro atoms. The third kappa shape index (κ3) is 1.59. The number of fused-ring (bicyclic) bond motifs is 2. The second-order valence-electron chi connectivity index (χ2n) is 4.81. The van der Waals surface area contributed by atoms with E-state index in [2.05, 4.69) is 0 Å². The Kier molecular flexibility index (Phi) is 1.69. The SMILES string of the molecule is [2H]c1c(C)ccc2c1C1=C(C2)C(C(N)=O)CC([2H])([2H])C1. The van der Waals surface area contributed by atoms with Crippen molar-refractivity contribution in [3.8, 4) is 0 Å². The number of carbonyl (C=O) groups is 1. The van der Waals surface area contributed by atoms with Gasteiger partial charge >= 0.3 is 0 Å². The highest BCUT2D eigenvalue weighted by Crippen LogP contribution is 2.44. The van der Waals surface area contributed by atoms with Crippen LogP contribution in [0, 0.1) is 12.8 Å². The molecule has 0 heterocycles. The fourth-order valence-corrected chi connectivity index (χ4v) is 2.79. The zero-order valence-electron chi connectivity index (χ0n) is 12.8. The number of nitrogens with two attached hydrogens (primary N) is 1. The summed E-state index contributed by atoms with van der Waals surface area (Å²) in [7, 11) is 0. The number of aryl methyl sites for hydroxylation is 1. The van der Waals surface area contributed by atoms with Crippen molar-refractivity contribution >= 4 is 11.5 Å². The summed E-state index contributed by atoms with van der Waals surface area (Å²) in [6, 6.07) is 4.34. The highest BCUT2D eigenvalue weighted by Gasteiger charge is 2.32. The van der Waals surface area contributed by atoms with E-state index in [0.717, 1.165) is 27.8 Å². The van der Waals surface area contributed by atoms with Gasteiger partial charge < -0.3 is 5.73 Å². The molecule has 0 saturated carbocycles. The predicted molar refractivity (Wildman–Crippen MR) is 68.3 cm³/mol. The molecule has 1 amide bonds. The van der Waals surface area contributed by atoms with E-state index in [4.69, 9.17) is 9.85 Å². The van der Waals surface area contributed by atoms with Crippen LogP contribution in [0.15, 0.2) is 23.7 Å². The van der Waals surface area contributed by atoms with Crippen molar-refractivity contribution in [2.45, 2.75) is 32.6 Å². The molecule has 2 N–H and O–H groups in total. The summed E-state index contributed by atoms with van der Waals surface area (Å²) in [4.78, 5) is 11.7. The van der Waals surface area contributed by atoms with E-state index >= 15 is 0 Å². The van der Waals surface area contributed by atoms with Crippen molar-refractivity contribution < 1.29 is 8.91 Å². The summed E-state index contributed by atoms with van der Waals surface area (Å²) in [5.41, 5.74) is 9.96. The van der Waals surface area contributed by atoms with Crippen molar-refractivity contribution in [1.82, 2.24) is 0 Å². The average molecular weight is 230 g/mol. The molecule has 1 unspecified atom stereocenters. The molecule has 0 radical (unpaired) electrons. The first-order chi connectivity index (χ1) is 9.30. The Morgan fingerprint density at radius 1 is 1.59 bits per heavy atom. The second-order valence-corrected chi connectivity index (χ2v) is 4.81. The van der Waals surface area contributed by atoms with Crippen LogP contribution < -0.4 is 5.73 Å². The Bertz CT molecular complexity index is 649. The van der Waals surface area contributed by atoms with Gasteiger partial charge in [0, 0.05) is 2.74 Å². The number of rotatable bonds is 1. The number of allylic oxidation sites excluding steroid dienone is 1. The Balaban J connectivity index is 2.19. The van der Waals surface area contributed by atoms with Gasteiger partial charge in [0.05, 0.1) is 7.29 Å². The maximum atomic E-state index is 11.7. The largest absolute Gasteiger partial charge is 0.369 e. The van der Waals surface area contributed by atoms with Gasteiger partial charge in [-0.25, -0.2) is 0 Å². The van der Waals surface area contributed by atoms with Crippen LogP contribution in [-0.4, -0.2) is 5.91 Å². The second kappa shape index (κ2) is 3.73. The topological polar surface area (TPSA) is 43.1 Å². The van der Waals surface area contributed by atoms with E-state index in [1.165, 1.54) is 0 Å². The monoisotopic (exact) mass is 230 g/mol. The molecule has 1 atom stereocenters. The third-order valence-corrected chi connectivity index (χ3v) is 3.66. The molecule has 1 aromatic rings. The molecule has 3 rings (SSSR count). The first-order valence-corrected chi connectivity index (χ1v) is 5.91. The first-order valence-electron chi connectivity index (χ1n) is 7.41. The van der Waals surface area contributed by atoms with Crippen LogP contribution in [0.5, 0.6) is 0 Å². The zero-order chi connectivity index (χ0) is 14.7. The lowest BCUT2D eigenvalue weighted by Crippen LogP contribution is -2.27. The Morgan fingerprint density at radius 2 is 2.41 bits per heavy atom. The molecule has 1 aromatic carbocycles. The van der Waals surface area contributed by atoms with Gasteiger partial charge in [0.25, 0.3) is 0 Å². The van der Waals surface area contributed by atoms with Gasteiger partial charge in [-0.15, -0.1) is 0 Å². The van der Waals surface area contributed by atoms with E-state index in [0.29, 0.717) is 12.5 Å². The van der Waals surface area contributed by atoms with Crippen molar-refractivity contribution in [3.63, 3.8) is 0 Å². The molecule has 2 heteroatoms. The summed E-state index contributed by atoms with van der Waals surface area (Å²) in [6.45, 7) is 1.88. The van der Waals surface area contributed by atoms with Crippen molar-refractivity contribution in [1.29, 1.82) is 0 Å². The molecule has 0 saturated heterocycles. The highest BCUT2D eigenvalue weighted by molar-refractivity contribution is 5.87. The minimum atomic E-state index is -1.43. The van der Waals surface area contributed by atoms with Crippen LogP contribution in [0.1, 0.15) is 40.0 Å². The van der Waals surface area contributed by atoms with Gasteiger partial charge in [0.15, 0.2) is 0 Å². The number of hydrogen-bond donors (Lipinski definition) is 1. The molecule has 88 valence electrons. The lowest BCUT2D eigenvalue weighted by Gasteiger charge is -2.22. The van der Waals surface area contributed by atoms with E-state index < -0.39 is 18.2 Å². The summed E-state index contributed by atoms with van der Waals surface area (Å²) in [5, 5.41) is 0. The van der Waals surface area contributed by atoms with Gasteiger partial charge in [-0.05, 0) is 54.8 Å². The third-order valence-electron chi connectivity index (χ3n) is 3.66. The standard InChI is InChI=1S/C15H17NO/c1-9-5-6-10-8-14-11(13(10)7-9)3-2-4-12(14)15(16)17/h5-7,12H,2-4,8H2,1H3,(H2,16,17)/i2D2,7D. The maximum Gasteiger partial charge on any atom is 0.224 e. The first kappa shape index (κ1) is 7.70. The highest BCUT2D eigenvalue weighted by atomic mass is 16.1. The smallest absolute Gasteiger partial charge is 0.224 e. The predicted octanol–water partition coefficient (Wildman–Crippen LogP) is 2.59. The molecule has 2 nitrogen and oxygen atoms in total. The van der Waals surface area contributed by atoms with Gasteiger partial charge in [-0.2, -0.15) is 0 Å². The van der Waals surface area contributed by atoms with Crippen LogP contribution in [-0.2, 0) is 11.2 Å². The average Bonchev–Trinajstić information content (AvgIpc) is 2.70. The number of amides is 1. The Labute approximate surface area is 106 Å². The molecule has 2 aliphatic rings. The van der Waals surface area contributed by atoms with Crippen LogP contribution in [0.2, 0.25) is 0 Å². The molecule has 0 bridgehead atoms. The van der Waals surface area contributed by atoms with Crippen LogP contribution >= 0.6 is 0 Å². The van der Waals surface area contributed by atoms with Crippen molar-refractivity contribution in [2.75, 3.05) is 0 Å². The molecule has 17 heavy (non-hydrogen) atoms. The Hall–Kier alpha value is -1.57. The number of primary amides is 1. The molecule has 0 aliphatic heterocycles. The molecular formula is C15H17NO. The van der Waals surface area contributed by atoms with Gasteiger partial charge in [-0.1, -0.05) is 23.7 Å². The minimum Gasteiger partial charge on any atom is -0.369 e. The Morgan fingerprint density at radius 3 is 3.18 bits per heavy atom. The summed E-state index contributed by atoms with van der Waals surface area (Å²) in [5.74, 6) is -1.00. The minimum absolute atomic E-state index is 0.154. The summed E-state index contributed by atoms with van der Waals surface area (Å²) < 4.78 is 24.3. The number of hydrogen-bond acceptors (Lipinski definition) is 1. The summed E-state index contributed by atoms with van der Waals surface area (Å²) >= 11 is 0. The normalized spacial score (nSPS) is 27.8. The molecular weight excluding hydrogens is 210 g/mol. The van der Waals surface area contributed by atoms with E-state index in [-0.39, 0.29) is 12.8 Å². The lowest BCUT2D eigenvalue weighted by atomic mass is 9.82. The number of carbonyl (C=O) groups excluding carboxylic acids is 1. The molecule has 2 aliphatic carbocycles. The van der Waals surface area contributed by atoms with E-state index in [9.17, 15) is 4.79 Å². The fraction of sp³-hybridized carbons (Fsp3) is 0.400. The fourth-order valence-electron chi connectivity index (χ4n) is 2.79. The van der Waals surface area contributed by atoms with Crippen LogP contribution in [0.4, 0.5) is 0 Å². The van der Waals surface area contributed by atoms with Gasteiger partial charge in [0.2, 0.25) is 5.91 Å². The van der Waals surface area contributed by atoms with Crippen molar-refractivity contribution in [3.05, 3.63) is 40.4 Å². The van der Waals surface area contributed by atoms with Gasteiger partial charge in [0.1, 0.15) is 0 Å². The maximum absolute atomic E-state index is 11.7. The van der Waals surface area contributed by atoms with E-state index in [1.807, 2.05) is 19.1 Å². The van der Waals surface area contributed by atoms with Gasteiger partial charge in [-0.3, -0.25) is 4.79 Å². The van der Waals surface area contributed by atoms with Crippen LogP contribution in [0.3, 0.4) is 0 Å². The van der Waals surface area contributed by atoms with E-state index in [1.54, 1.807) is 0 Å². The quantitative estimate of drug-likeness (QED) is 0.791. The van der Waals surface area contributed by atoms with Crippen LogP contribution in [0.25, 0.3) is 5.57 Å². The molecule has 0 aromatic heterocycles. The summed E-state index contributed by atoms with van der Waals surface area (Å²) in [6.07, 6.45) is -0.382. The lowest BCUT2D eigenvalue weighted by molar-refractivity contribution is -0.121. The zero-order valence-corrected chi connectivity index (χ0v) is 9.84. The molecule has 0 fully saturated rings. The van der Waals surface area contributed by atoms with Crippen molar-refractivity contribution in [2.24, 2.45) is 11.7 Å². The number of benzene rings is 1.